The third-order valence-corrected chi connectivity index (χ3v) is 5.83. The van der Waals surface area contributed by atoms with Gasteiger partial charge in [-0.05, 0) is 48.2 Å². The molecule has 2 aromatic carbocycles. The molecular formula is C22H23Cl2NO3. The van der Waals surface area contributed by atoms with Gasteiger partial charge in [-0.25, -0.2) is 4.79 Å². The van der Waals surface area contributed by atoms with Gasteiger partial charge in [0.05, 0.1) is 0 Å². The minimum Gasteiger partial charge on any atom is -0.480 e. The molecule has 0 saturated heterocycles. The Balaban J connectivity index is 1.77. The summed E-state index contributed by atoms with van der Waals surface area (Å²) in [6.07, 6.45) is 5.99. The topological polar surface area (TPSA) is 66.4 Å². The van der Waals surface area contributed by atoms with Crippen LogP contribution >= 0.6 is 23.2 Å². The van der Waals surface area contributed by atoms with Gasteiger partial charge in [0.1, 0.15) is 6.04 Å². The van der Waals surface area contributed by atoms with Gasteiger partial charge in [-0.3, -0.25) is 4.79 Å². The van der Waals surface area contributed by atoms with Crippen LogP contribution in [0.4, 0.5) is 0 Å². The number of halogens is 2. The lowest BCUT2D eigenvalue weighted by Crippen LogP contribution is -2.42. The molecule has 6 heteroatoms. The Labute approximate surface area is 174 Å². The molecule has 0 aromatic heterocycles. The van der Waals surface area contributed by atoms with Crippen molar-refractivity contribution in [2.24, 2.45) is 5.92 Å². The molecule has 1 aliphatic rings. The highest BCUT2D eigenvalue weighted by Gasteiger charge is 2.26. The smallest absolute Gasteiger partial charge is 0.326 e. The first kappa shape index (κ1) is 20.7. The number of carbonyl (C=O) groups is 2. The standard InChI is InChI=1S/C22H23Cl2NO3/c23-17-8-4-7-15(12-17)18-13-16(9-10-19(18)24)21(26)25-20(22(27)28)11-14-5-2-1-3-6-14/h4,7-10,12-14,20H,1-3,5-6,11H2,(H,25,26)(H,27,28)/t20-/m0/s1. The summed E-state index contributed by atoms with van der Waals surface area (Å²) >= 11 is 12.4. The molecule has 3 rings (SSSR count). The van der Waals surface area contributed by atoms with Crippen molar-refractivity contribution >= 4 is 35.1 Å². The fourth-order valence-corrected chi connectivity index (χ4v) is 4.18. The van der Waals surface area contributed by atoms with E-state index in [-0.39, 0.29) is 0 Å². The van der Waals surface area contributed by atoms with Gasteiger partial charge in [0, 0.05) is 21.2 Å². The molecule has 2 N–H and O–H groups in total. The van der Waals surface area contributed by atoms with Crippen LogP contribution in [0.5, 0.6) is 0 Å². The van der Waals surface area contributed by atoms with Crippen molar-refractivity contribution in [2.75, 3.05) is 0 Å². The average Bonchev–Trinajstić information content (AvgIpc) is 2.68. The van der Waals surface area contributed by atoms with Crippen molar-refractivity contribution in [3.63, 3.8) is 0 Å². The van der Waals surface area contributed by atoms with Gasteiger partial charge in [0.25, 0.3) is 5.91 Å². The van der Waals surface area contributed by atoms with Crippen LogP contribution in [0, 0.1) is 5.92 Å². The van der Waals surface area contributed by atoms with Gasteiger partial charge in [-0.15, -0.1) is 0 Å². The second kappa shape index (κ2) is 9.44. The predicted molar refractivity (Wildman–Crippen MR) is 112 cm³/mol. The minimum atomic E-state index is -0.997. The molecule has 1 atom stereocenters. The van der Waals surface area contributed by atoms with Gasteiger partial charge in [0.2, 0.25) is 0 Å². The highest BCUT2D eigenvalue weighted by atomic mass is 35.5. The summed E-state index contributed by atoms with van der Waals surface area (Å²) in [7, 11) is 0. The maximum atomic E-state index is 12.7. The molecule has 1 aliphatic carbocycles. The average molecular weight is 420 g/mol. The SMILES string of the molecule is O=C(N[C@@H](CC1CCCCC1)C(=O)O)c1ccc(Cl)c(-c2cccc(Cl)c2)c1. The lowest BCUT2D eigenvalue weighted by atomic mass is 9.85. The number of rotatable bonds is 6. The number of hydrogen-bond acceptors (Lipinski definition) is 2. The third-order valence-electron chi connectivity index (χ3n) is 5.26. The summed E-state index contributed by atoms with van der Waals surface area (Å²) < 4.78 is 0. The lowest BCUT2D eigenvalue weighted by Gasteiger charge is -2.25. The lowest BCUT2D eigenvalue weighted by molar-refractivity contribution is -0.139. The van der Waals surface area contributed by atoms with E-state index >= 15 is 0 Å². The zero-order chi connectivity index (χ0) is 20.1. The Bertz CT molecular complexity index is 863. The number of benzene rings is 2. The highest BCUT2D eigenvalue weighted by molar-refractivity contribution is 6.34. The van der Waals surface area contributed by atoms with E-state index in [1.807, 2.05) is 12.1 Å². The molecule has 0 heterocycles. The van der Waals surface area contributed by atoms with Crippen LogP contribution in [0.2, 0.25) is 10.0 Å². The van der Waals surface area contributed by atoms with Crippen LogP contribution in [0.25, 0.3) is 11.1 Å². The second-order valence-corrected chi connectivity index (χ2v) is 8.15. The highest BCUT2D eigenvalue weighted by Crippen LogP contribution is 2.31. The molecule has 148 valence electrons. The van der Waals surface area contributed by atoms with E-state index in [4.69, 9.17) is 23.2 Å². The van der Waals surface area contributed by atoms with Crippen LogP contribution in [0.3, 0.4) is 0 Å². The normalized spacial score (nSPS) is 15.8. The molecule has 1 saturated carbocycles. The van der Waals surface area contributed by atoms with Crippen LogP contribution < -0.4 is 5.32 Å². The number of carbonyl (C=O) groups excluding carboxylic acids is 1. The Morgan fingerprint density at radius 2 is 1.82 bits per heavy atom. The van der Waals surface area contributed by atoms with Crippen molar-refractivity contribution in [3.8, 4) is 11.1 Å². The molecule has 0 aliphatic heterocycles. The number of hydrogen-bond donors (Lipinski definition) is 2. The summed E-state index contributed by atoms with van der Waals surface area (Å²) in [5.74, 6) is -1.06. The number of nitrogens with one attached hydrogen (secondary N) is 1. The zero-order valence-corrected chi connectivity index (χ0v) is 17.0. The van der Waals surface area contributed by atoms with Crippen molar-refractivity contribution in [1.29, 1.82) is 0 Å². The molecule has 4 nitrogen and oxygen atoms in total. The number of amides is 1. The maximum Gasteiger partial charge on any atom is 0.326 e. The fourth-order valence-electron chi connectivity index (χ4n) is 3.76. The first-order valence-corrected chi connectivity index (χ1v) is 10.3. The molecular weight excluding hydrogens is 397 g/mol. The summed E-state index contributed by atoms with van der Waals surface area (Å²) in [6, 6.07) is 11.2. The van der Waals surface area contributed by atoms with E-state index in [2.05, 4.69) is 5.32 Å². The maximum absolute atomic E-state index is 12.7. The summed E-state index contributed by atoms with van der Waals surface area (Å²) in [5, 5.41) is 13.3. The van der Waals surface area contributed by atoms with Gasteiger partial charge in [-0.1, -0.05) is 67.4 Å². The monoisotopic (exact) mass is 419 g/mol. The molecule has 1 fully saturated rings. The van der Waals surface area contributed by atoms with Gasteiger partial charge < -0.3 is 10.4 Å². The van der Waals surface area contributed by atoms with Gasteiger partial charge in [0.15, 0.2) is 0 Å². The van der Waals surface area contributed by atoms with Crippen LogP contribution in [0.15, 0.2) is 42.5 Å². The van der Waals surface area contributed by atoms with Crippen molar-refractivity contribution in [2.45, 2.75) is 44.6 Å². The summed E-state index contributed by atoms with van der Waals surface area (Å²) in [6.45, 7) is 0. The largest absolute Gasteiger partial charge is 0.480 e. The molecule has 0 spiro atoms. The van der Waals surface area contributed by atoms with E-state index in [0.717, 1.165) is 31.2 Å². The Morgan fingerprint density at radius 3 is 2.50 bits per heavy atom. The first-order valence-electron chi connectivity index (χ1n) is 9.53. The molecule has 0 bridgehead atoms. The third kappa shape index (κ3) is 5.27. The van der Waals surface area contributed by atoms with Crippen molar-refractivity contribution in [3.05, 3.63) is 58.1 Å². The number of carboxylic acids is 1. The molecule has 0 unspecified atom stereocenters. The van der Waals surface area contributed by atoms with E-state index in [9.17, 15) is 14.7 Å². The van der Waals surface area contributed by atoms with E-state index in [1.165, 1.54) is 6.42 Å². The molecule has 28 heavy (non-hydrogen) atoms. The second-order valence-electron chi connectivity index (χ2n) is 7.31. The van der Waals surface area contributed by atoms with Crippen molar-refractivity contribution < 1.29 is 14.7 Å². The molecule has 0 radical (unpaired) electrons. The zero-order valence-electron chi connectivity index (χ0n) is 15.5. The number of carboxylic acid groups (broad SMARTS) is 1. The van der Waals surface area contributed by atoms with E-state index in [1.54, 1.807) is 30.3 Å². The van der Waals surface area contributed by atoms with Gasteiger partial charge >= 0.3 is 5.97 Å². The predicted octanol–water partition coefficient (Wildman–Crippen LogP) is 5.81. The van der Waals surface area contributed by atoms with Gasteiger partial charge in [-0.2, -0.15) is 0 Å². The Kier molecular flexibility index (Phi) is 6.97. The fraction of sp³-hybridized carbons (Fsp3) is 0.364. The molecule has 1 amide bonds. The molecule has 2 aromatic rings. The van der Waals surface area contributed by atoms with E-state index in [0.29, 0.717) is 33.5 Å². The van der Waals surface area contributed by atoms with Crippen LogP contribution in [-0.2, 0) is 4.79 Å². The van der Waals surface area contributed by atoms with Crippen LogP contribution in [-0.4, -0.2) is 23.0 Å². The first-order chi connectivity index (χ1) is 13.4. The summed E-state index contributed by atoms with van der Waals surface area (Å²) in [4.78, 5) is 24.4. The Hall–Kier alpha value is -2.04. The van der Waals surface area contributed by atoms with Crippen molar-refractivity contribution in [1.82, 2.24) is 5.32 Å². The van der Waals surface area contributed by atoms with E-state index < -0.39 is 17.9 Å². The summed E-state index contributed by atoms with van der Waals surface area (Å²) in [5.41, 5.74) is 1.84. The Morgan fingerprint density at radius 1 is 1.07 bits per heavy atom. The van der Waals surface area contributed by atoms with Crippen LogP contribution in [0.1, 0.15) is 48.9 Å². The quantitative estimate of drug-likeness (QED) is 0.620. The minimum absolute atomic E-state index is 0.349. The number of aliphatic carboxylic acids is 1.